The Hall–Kier alpha value is -2.10. The summed E-state index contributed by atoms with van der Waals surface area (Å²) in [5.74, 6) is -0.948. The average molecular weight is 250 g/mol. The van der Waals surface area contributed by atoms with Gasteiger partial charge in [-0.25, -0.2) is 4.39 Å². The molecule has 0 heterocycles. The van der Waals surface area contributed by atoms with Gasteiger partial charge in [-0.15, -0.1) is 0 Å². The lowest BCUT2D eigenvalue weighted by atomic mass is 10.1. The van der Waals surface area contributed by atoms with Crippen LogP contribution in [-0.4, -0.2) is 12.6 Å². The van der Waals surface area contributed by atoms with Crippen LogP contribution in [0.3, 0.4) is 0 Å². The number of carbonyl (C=O) groups excluding carboxylic acids is 1. The highest BCUT2D eigenvalue weighted by atomic mass is 19.1. The normalized spacial score (nSPS) is 11.4. The van der Waals surface area contributed by atoms with Gasteiger partial charge in [0.1, 0.15) is 12.7 Å². The van der Waals surface area contributed by atoms with Gasteiger partial charge in [0.05, 0.1) is 0 Å². The quantitative estimate of drug-likeness (QED) is 0.574. The second-order valence-electron chi connectivity index (χ2n) is 3.52. The van der Waals surface area contributed by atoms with Crippen molar-refractivity contribution in [2.45, 2.75) is 13.0 Å². The summed E-state index contributed by atoms with van der Waals surface area (Å²) in [6, 6.07) is 4.41. The Morgan fingerprint density at radius 2 is 2.22 bits per heavy atom. The van der Waals surface area contributed by atoms with Crippen LogP contribution in [0, 0.1) is 5.82 Å². The monoisotopic (exact) mass is 250 g/mol. The lowest BCUT2D eigenvalue weighted by Crippen LogP contribution is -2.09. The standard InChI is InChI=1S/C14H15FO3/c1-4-9-17-14-11(7-6-8-12(14)15)13(5-2)18-10(3)16/h4-8,13H,1-2,9H2,3H3. The molecule has 4 heteroatoms. The van der Waals surface area contributed by atoms with Crippen molar-refractivity contribution in [2.24, 2.45) is 0 Å². The fraction of sp³-hybridized carbons (Fsp3) is 0.214. The summed E-state index contributed by atoms with van der Waals surface area (Å²) in [5.41, 5.74) is 0.419. The molecular formula is C14H15FO3. The lowest BCUT2D eigenvalue weighted by molar-refractivity contribution is -0.144. The van der Waals surface area contributed by atoms with Crippen molar-refractivity contribution >= 4 is 5.97 Å². The fourth-order valence-electron chi connectivity index (χ4n) is 1.46. The molecule has 1 unspecified atom stereocenters. The third-order valence-electron chi connectivity index (χ3n) is 2.16. The summed E-state index contributed by atoms with van der Waals surface area (Å²) in [6.45, 7) is 8.50. The zero-order valence-corrected chi connectivity index (χ0v) is 10.2. The molecule has 0 aliphatic rings. The molecular weight excluding hydrogens is 235 g/mol. The molecule has 3 nitrogen and oxygen atoms in total. The molecule has 1 atom stereocenters. The van der Waals surface area contributed by atoms with Gasteiger partial charge in [0.25, 0.3) is 0 Å². The van der Waals surface area contributed by atoms with Crippen LogP contribution in [-0.2, 0) is 9.53 Å². The number of halogens is 1. The van der Waals surface area contributed by atoms with E-state index in [0.29, 0.717) is 5.56 Å². The number of ether oxygens (including phenoxy) is 2. The van der Waals surface area contributed by atoms with Crippen molar-refractivity contribution < 1.29 is 18.7 Å². The summed E-state index contributed by atoms with van der Waals surface area (Å²) in [6.07, 6.45) is 2.18. The smallest absolute Gasteiger partial charge is 0.303 e. The van der Waals surface area contributed by atoms with Crippen LogP contribution in [0.5, 0.6) is 5.75 Å². The van der Waals surface area contributed by atoms with Crippen LogP contribution in [0.1, 0.15) is 18.6 Å². The Morgan fingerprint density at radius 1 is 1.50 bits per heavy atom. The summed E-state index contributed by atoms with van der Waals surface area (Å²) in [7, 11) is 0. The van der Waals surface area contributed by atoms with Gasteiger partial charge in [0.15, 0.2) is 11.6 Å². The predicted molar refractivity (Wildman–Crippen MR) is 66.8 cm³/mol. The van der Waals surface area contributed by atoms with Gasteiger partial charge in [0, 0.05) is 12.5 Å². The molecule has 0 saturated carbocycles. The maximum atomic E-state index is 13.7. The van der Waals surface area contributed by atoms with Crippen molar-refractivity contribution in [1.82, 2.24) is 0 Å². The second-order valence-corrected chi connectivity index (χ2v) is 3.52. The summed E-state index contributed by atoms with van der Waals surface area (Å²) in [5, 5.41) is 0. The minimum absolute atomic E-state index is 0.0450. The second kappa shape index (κ2) is 6.59. The van der Waals surface area contributed by atoms with E-state index in [2.05, 4.69) is 13.2 Å². The third-order valence-corrected chi connectivity index (χ3v) is 2.16. The molecule has 0 aliphatic carbocycles. The Morgan fingerprint density at radius 3 is 2.78 bits per heavy atom. The molecule has 0 aromatic heterocycles. The highest BCUT2D eigenvalue weighted by Gasteiger charge is 2.18. The maximum absolute atomic E-state index is 13.7. The van der Waals surface area contributed by atoms with Crippen LogP contribution in [0.2, 0.25) is 0 Å². The Balaban J connectivity index is 3.11. The van der Waals surface area contributed by atoms with Gasteiger partial charge in [-0.3, -0.25) is 4.79 Å². The van der Waals surface area contributed by atoms with Crippen LogP contribution >= 0.6 is 0 Å². The van der Waals surface area contributed by atoms with Crippen molar-refractivity contribution in [3.05, 3.63) is 54.9 Å². The number of rotatable bonds is 6. The van der Waals surface area contributed by atoms with Crippen molar-refractivity contribution in [3.8, 4) is 5.75 Å². The Bertz CT molecular complexity index is 454. The summed E-state index contributed by atoms with van der Waals surface area (Å²) >= 11 is 0. The van der Waals surface area contributed by atoms with Crippen molar-refractivity contribution in [2.75, 3.05) is 6.61 Å². The van der Waals surface area contributed by atoms with E-state index in [-0.39, 0.29) is 12.4 Å². The van der Waals surface area contributed by atoms with E-state index in [1.54, 1.807) is 6.07 Å². The Kier molecular flexibility index (Phi) is 5.11. The van der Waals surface area contributed by atoms with Gasteiger partial charge in [-0.2, -0.15) is 0 Å². The molecule has 1 aromatic rings. The van der Waals surface area contributed by atoms with E-state index in [0.717, 1.165) is 0 Å². The topological polar surface area (TPSA) is 35.5 Å². The summed E-state index contributed by atoms with van der Waals surface area (Å²) < 4.78 is 24.0. The highest BCUT2D eigenvalue weighted by molar-refractivity contribution is 5.66. The van der Waals surface area contributed by atoms with Gasteiger partial charge < -0.3 is 9.47 Å². The SMILES string of the molecule is C=CCOc1c(F)cccc1C(C=C)OC(C)=O. The molecule has 18 heavy (non-hydrogen) atoms. The molecule has 0 saturated heterocycles. The molecule has 96 valence electrons. The molecule has 0 bridgehead atoms. The molecule has 0 radical (unpaired) electrons. The minimum atomic E-state index is -0.738. The van der Waals surface area contributed by atoms with Crippen LogP contribution in [0.25, 0.3) is 0 Å². The van der Waals surface area contributed by atoms with E-state index in [1.165, 1.54) is 31.2 Å². The van der Waals surface area contributed by atoms with Crippen LogP contribution < -0.4 is 4.74 Å². The maximum Gasteiger partial charge on any atom is 0.303 e. The number of esters is 1. The average Bonchev–Trinajstić information content (AvgIpc) is 2.34. The van der Waals surface area contributed by atoms with Crippen LogP contribution in [0.4, 0.5) is 4.39 Å². The molecule has 0 N–H and O–H groups in total. The third kappa shape index (κ3) is 3.45. The number of benzene rings is 1. The molecule has 0 spiro atoms. The minimum Gasteiger partial charge on any atom is -0.486 e. The zero-order valence-electron chi connectivity index (χ0n) is 10.2. The molecule has 0 fully saturated rings. The van der Waals surface area contributed by atoms with Gasteiger partial charge >= 0.3 is 5.97 Å². The highest BCUT2D eigenvalue weighted by Crippen LogP contribution is 2.31. The predicted octanol–water partition coefficient (Wildman–Crippen LogP) is 3.18. The Labute approximate surface area is 106 Å². The summed E-state index contributed by atoms with van der Waals surface area (Å²) in [4.78, 5) is 11.0. The van der Waals surface area contributed by atoms with Crippen molar-refractivity contribution in [1.29, 1.82) is 0 Å². The first kappa shape index (κ1) is 14.0. The fourth-order valence-corrected chi connectivity index (χ4v) is 1.46. The van der Waals surface area contributed by atoms with E-state index >= 15 is 0 Å². The van der Waals surface area contributed by atoms with E-state index in [9.17, 15) is 9.18 Å². The molecule has 1 aromatic carbocycles. The number of carbonyl (C=O) groups is 1. The van der Waals surface area contributed by atoms with E-state index in [1.807, 2.05) is 0 Å². The lowest BCUT2D eigenvalue weighted by Gasteiger charge is -2.17. The number of para-hydroxylation sites is 1. The van der Waals surface area contributed by atoms with Gasteiger partial charge in [-0.1, -0.05) is 31.4 Å². The van der Waals surface area contributed by atoms with Crippen LogP contribution in [0.15, 0.2) is 43.5 Å². The largest absolute Gasteiger partial charge is 0.486 e. The molecule has 1 rings (SSSR count). The molecule has 0 amide bonds. The first-order valence-electron chi connectivity index (χ1n) is 5.42. The van der Waals surface area contributed by atoms with Gasteiger partial charge in [0.2, 0.25) is 0 Å². The first-order valence-corrected chi connectivity index (χ1v) is 5.42. The molecule has 0 aliphatic heterocycles. The van der Waals surface area contributed by atoms with Crippen molar-refractivity contribution in [3.63, 3.8) is 0 Å². The van der Waals surface area contributed by atoms with E-state index in [4.69, 9.17) is 9.47 Å². The number of hydrogen-bond acceptors (Lipinski definition) is 3. The number of hydrogen-bond donors (Lipinski definition) is 0. The zero-order chi connectivity index (χ0) is 13.5. The van der Waals surface area contributed by atoms with Gasteiger partial charge in [-0.05, 0) is 12.1 Å². The first-order chi connectivity index (χ1) is 8.60. The van der Waals surface area contributed by atoms with E-state index < -0.39 is 17.9 Å².